The number of tetrazole rings is 1. The van der Waals surface area contributed by atoms with Crippen molar-refractivity contribution in [2.75, 3.05) is 0 Å². The number of aliphatic hydroxyl groups is 2. The van der Waals surface area contributed by atoms with E-state index < -0.39 is 12.2 Å². The van der Waals surface area contributed by atoms with Gasteiger partial charge in [0.1, 0.15) is 12.2 Å². The molecule has 3 aromatic rings. The summed E-state index contributed by atoms with van der Waals surface area (Å²) in [6, 6.07) is 16.5. The van der Waals surface area contributed by atoms with E-state index in [1.54, 1.807) is 24.3 Å². The van der Waals surface area contributed by atoms with E-state index in [-0.39, 0.29) is 5.82 Å². The first-order valence-electron chi connectivity index (χ1n) is 6.93. The van der Waals surface area contributed by atoms with E-state index in [1.165, 1.54) is 4.80 Å². The summed E-state index contributed by atoms with van der Waals surface area (Å²) in [5.74, 6) is 0.0814. The van der Waals surface area contributed by atoms with Crippen LogP contribution >= 0.6 is 0 Å². The maximum absolute atomic E-state index is 10.2. The van der Waals surface area contributed by atoms with Crippen molar-refractivity contribution in [3.05, 3.63) is 71.5 Å². The van der Waals surface area contributed by atoms with Gasteiger partial charge in [0.2, 0.25) is 5.82 Å². The molecule has 0 aliphatic carbocycles. The number of rotatable bonds is 4. The highest BCUT2D eigenvalue weighted by Crippen LogP contribution is 2.26. The highest BCUT2D eigenvalue weighted by atomic mass is 16.3. The normalized spacial score (nSPS) is 13.8. The van der Waals surface area contributed by atoms with Crippen molar-refractivity contribution in [1.82, 2.24) is 20.2 Å². The molecule has 2 aromatic carbocycles. The number of nitrogens with zero attached hydrogens (tertiary/aromatic N) is 4. The second kappa shape index (κ2) is 6.05. The van der Waals surface area contributed by atoms with Gasteiger partial charge in [0.05, 0.1) is 5.69 Å². The molecule has 0 spiro atoms. The molecule has 0 fully saturated rings. The lowest BCUT2D eigenvalue weighted by atomic mass is 10.0. The van der Waals surface area contributed by atoms with E-state index in [4.69, 9.17) is 0 Å². The van der Waals surface area contributed by atoms with Gasteiger partial charge >= 0.3 is 0 Å². The van der Waals surface area contributed by atoms with E-state index >= 15 is 0 Å². The molecule has 0 radical (unpaired) electrons. The van der Waals surface area contributed by atoms with Crippen molar-refractivity contribution in [2.45, 2.75) is 19.1 Å². The molecule has 0 amide bonds. The molecule has 3 rings (SSSR count). The van der Waals surface area contributed by atoms with Crippen LogP contribution in [0.4, 0.5) is 0 Å². The van der Waals surface area contributed by atoms with Crippen LogP contribution in [0.5, 0.6) is 0 Å². The Hall–Kier alpha value is -2.57. The Morgan fingerprint density at radius 2 is 1.73 bits per heavy atom. The zero-order chi connectivity index (χ0) is 15.5. The Morgan fingerprint density at radius 1 is 0.955 bits per heavy atom. The van der Waals surface area contributed by atoms with Crippen LogP contribution in [0.25, 0.3) is 5.69 Å². The summed E-state index contributed by atoms with van der Waals surface area (Å²) in [4.78, 5) is 1.34. The monoisotopic (exact) mass is 296 g/mol. The summed E-state index contributed by atoms with van der Waals surface area (Å²) in [5, 5.41) is 32.4. The van der Waals surface area contributed by atoms with Gasteiger partial charge in [0.25, 0.3) is 0 Å². The Balaban J connectivity index is 1.84. The molecule has 0 aliphatic rings. The maximum Gasteiger partial charge on any atom is 0.206 e. The Labute approximate surface area is 127 Å². The van der Waals surface area contributed by atoms with Crippen molar-refractivity contribution in [1.29, 1.82) is 0 Å². The highest BCUT2D eigenvalue weighted by molar-refractivity contribution is 5.33. The van der Waals surface area contributed by atoms with Crippen LogP contribution in [0.3, 0.4) is 0 Å². The van der Waals surface area contributed by atoms with Gasteiger partial charge in [0, 0.05) is 0 Å². The first-order chi connectivity index (χ1) is 10.6. The summed E-state index contributed by atoms with van der Waals surface area (Å²) in [6.07, 6.45) is -2.34. The summed E-state index contributed by atoms with van der Waals surface area (Å²) in [5.41, 5.74) is 2.42. The number of benzene rings is 2. The Bertz CT molecular complexity index is 758. The van der Waals surface area contributed by atoms with E-state index in [1.807, 2.05) is 37.3 Å². The first kappa shape index (κ1) is 14.4. The Kier molecular flexibility index (Phi) is 3.95. The average molecular weight is 296 g/mol. The van der Waals surface area contributed by atoms with E-state index in [2.05, 4.69) is 15.4 Å². The number of aromatic nitrogens is 4. The summed E-state index contributed by atoms with van der Waals surface area (Å²) >= 11 is 0. The molecule has 2 atom stereocenters. The molecule has 0 saturated carbocycles. The van der Waals surface area contributed by atoms with Crippen molar-refractivity contribution < 1.29 is 10.2 Å². The van der Waals surface area contributed by atoms with Crippen molar-refractivity contribution in [2.24, 2.45) is 0 Å². The molecule has 0 aliphatic heterocycles. The molecule has 6 heteroatoms. The van der Waals surface area contributed by atoms with Crippen molar-refractivity contribution in [3.63, 3.8) is 0 Å². The molecule has 2 N–H and O–H groups in total. The quantitative estimate of drug-likeness (QED) is 0.766. The first-order valence-corrected chi connectivity index (χ1v) is 6.93. The molecular formula is C16H16N4O2. The van der Waals surface area contributed by atoms with Gasteiger partial charge in [-0.15, -0.1) is 15.0 Å². The molecule has 22 heavy (non-hydrogen) atoms. The zero-order valence-corrected chi connectivity index (χ0v) is 12.0. The number of hydrogen-bond acceptors (Lipinski definition) is 5. The predicted octanol–water partition coefficient (Wildman–Crippen LogP) is 1.74. The topological polar surface area (TPSA) is 84.1 Å². The van der Waals surface area contributed by atoms with Crippen LogP contribution < -0.4 is 0 Å². The van der Waals surface area contributed by atoms with Gasteiger partial charge in [-0.1, -0.05) is 42.5 Å². The van der Waals surface area contributed by atoms with E-state index in [0.717, 1.165) is 11.3 Å². The van der Waals surface area contributed by atoms with E-state index in [0.29, 0.717) is 5.56 Å². The highest BCUT2D eigenvalue weighted by Gasteiger charge is 2.24. The van der Waals surface area contributed by atoms with Crippen LogP contribution in [0.2, 0.25) is 0 Å². The molecule has 6 nitrogen and oxygen atoms in total. The molecule has 112 valence electrons. The standard InChI is InChI=1S/C16H16N4O2/c1-11-6-5-9-13(10-11)20-18-16(17-19-20)15(22)14(21)12-7-3-2-4-8-12/h2-10,14-15,21-22H,1H3. The number of aryl methyl sites for hydroxylation is 1. The summed E-state index contributed by atoms with van der Waals surface area (Å²) in [7, 11) is 0. The zero-order valence-electron chi connectivity index (χ0n) is 12.0. The fourth-order valence-electron chi connectivity index (χ4n) is 2.18. The van der Waals surface area contributed by atoms with Crippen LogP contribution in [-0.2, 0) is 0 Å². The smallest absolute Gasteiger partial charge is 0.206 e. The minimum atomic E-state index is -1.24. The molecule has 1 aromatic heterocycles. The van der Waals surface area contributed by atoms with Gasteiger partial charge in [0.15, 0.2) is 0 Å². The van der Waals surface area contributed by atoms with Gasteiger partial charge in [-0.2, -0.15) is 0 Å². The molecule has 1 heterocycles. The summed E-state index contributed by atoms with van der Waals surface area (Å²) in [6.45, 7) is 1.97. The van der Waals surface area contributed by atoms with Gasteiger partial charge in [-0.3, -0.25) is 0 Å². The second-order valence-electron chi connectivity index (χ2n) is 5.08. The fraction of sp³-hybridized carbons (Fsp3) is 0.188. The summed E-state index contributed by atoms with van der Waals surface area (Å²) < 4.78 is 0. The van der Waals surface area contributed by atoms with E-state index in [9.17, 15) is 10.2 Å². The largest absolute Gasteiger partial charge is 0.385 e. The van der Waals surface area contributed by atoms with Crippen LogP contribution in [0, 0.1) is 6.92 Å². The van der Waals surface area contributed by atoms with Crippen LogP contribution in [-0.4, -0.2) is 30.4 Å². The van der Waals surface area contributed by atoms with Crippen molar-refractivity contribution in [3.8, 4) is 5.69 Å². The SMILES string of the molecule is Cc1cccc(-n2nnc(C(O)C(O)c3ccccc3)n2)c1. The lowest BCUT2D eigenvalue weighted by molar-refractivity contribution is 0.0117. The number of aliphatic hydroxyl groups excluding tert-OH is 2. The second-order valence-corrected chi connectivity index (χ2v) is 5.08. The lowest BCUT2D eigenvalue weighted by Crippen LogP contribution is -2.12. The predicted molar refractivity (Wildman–Crippen MR) is 80.3 cm³/mol. The van der Waals surface area contributed by atoms with Gasteiger partial charge in [-0.25, -0.2) is 0 Å². The average Bonchev–Trinajstić information content (AvgIpc) is 3.04. The van der Waals surface area contributed by atoms with Gasteiger partial charge in [-0.05, 0) is 35.4 Å². The molecular weight excluding hydrogens is 280 g/mol. The third kappa shape index (κ3) is 2.88. The lowest BCUT2D eigenvalue weighted by Gasteiger charge is -2.14. The third-order valence-electron chi connectivity index (χ3n) is 3.37. The molecule has 0 bridgehead atoms. The minimum Gasteiger partial charge on any atom is -0.385 e. The molecule has 2 unspecified atom stereocenters. The molecule has 0 saturated heterocycles. The fourth-order valence-corrected chi connectivity index (χ4v) is 2.18. The third-order valence-corrected chi connectivity index (χ3v) is 3.37. The maximum atomic E-state index is 10.2. The van der Waals surface area contributed by atoms with Crippen molar-refractivity contribution >= 4 is 0 Å². The van der Waals surface area contributed by atoms with Crippen LogP contribution in [0.15, 0.2) is 54.6 Å². The minimum absolute atomic E-state index is 0.0814. The van der Waals surface area contributed by atoms with Crippen LogP contribution in [0.1, 0.15) is 29.2 Å². The number of hydrogen-bond donors (Lipinski definition) is 2. The Morgan fingerprint density at radius 3 is 2.45 bits per heavy atom. The van der Waals surface area contributed by atoms with Gasteiger partial charge < -0.3 is 10.2 Å².